The van der Waals surface area contributed by atoms with Crippen LogP contribution in [-0.4, -0.2) is 42.6 Å². The van der Waals surface area contributed by atoms with Gasteiger partial charge in [-0.3, -0.25) is 0 Å². The van der Waals surface area contributed by atoms with Gasteiger partial charge < -0.3 is 17.7 Å². The van der Waals surface area contributed by atoms with E-state index >= 15 is 0 Å². The molecule has 3 heterocycles. The maximum absolute atomic E-state index is 4.94. The quantitative estimate of drug-likeness (QED) is 0.442. The van der Waals surface area contributed by atoms with E-state index in [9.17, 15) is 0 Å². The van der Waals surface area contributed by atoms with Gasteiger partial charge in [-0.05, 0) is 47.9 Å². The first-order chi connectivity index (χ1) is 16.7. The standard InChI is InChI=1S/C22H28PSi2.2C4H8O.Li/c1-24(2,3)21-19(17-13-9-7-10-14-17)20(18-15-11-8-12-16-18)22(23-21)25(4,5)6;2*1-2-4-5-3-1;/h7-16H,1-6H3;2*1-4H2;/q-1;;;+1. The molecule has 190 valence electrons. The Bertz CT molecular complexity index is 920. The van der Waals surface area contributed by atoms with Crippen LogP contribution in [0.3, 0.4) is 0 Å². The molecule has 36 heavy (non-hydrogen) atoms. The molecule has 0 spiro atoms. The van der Waals surface area contributed by atoms with Gasteiger partial charge in [-0.25, -0.2) is 9.84 Å². The van der Waals surface area contributed by atoms with E-state index in [1.807, 2.05) is 0 Å². The van der Waals surface area contributed by atoms with Crippen molar-refractivity contribution in [3.05, 3.63) is 60.7 Å². The molecule has 2 aliphatic heterocycles. The van der Waals surface area contributed by atoms with Gasteiger partial charge in [0, 0.05) is 42.6 Å². The summed E-state index contributed by atoms with van der Waals surface area (Å²) < 4.78 is 9.89. The Kier molecular flexibility index (Phi) is 13.0. The van der Waals surface area contributed by atoms with Gasteiger partial charge in [0.25, 0.3) is 0 Å². The Balaban J connectivity index is 0.000000343. The van der Waals surface area contributed by atoms with E-state index in [-0.39, 0.29) is 18.9 Å². The van der Waals surface area contributed by atoms with Crippen LogP contribution in [0.15, 0.2) is 60.7 Å². The van der Waals surface area contributed by atoms with Crippen LogP contribution in [0, 0.1) is 0 Å². The fourth-order valence-corrected chi connectivity index (χ4v) is 11.0. The van der Waals surface area contributed by atoms with Crippen LogP contribution in [0.1, 0.15) is 25.7 Å². The van der Waals surface area contributed by atoms with Crippen LogP contribution < -0.4 is 28.7 Å². The molecule has 0 unspecified atom stereocenters. The Morgan fingerprint density at radius 3 is 1.06 bits per heavy atom. The average Bonchev–Trinajstić information content (AvgIpc) is 3.63. The Morgan fingerprint density at radius 1 is 0.528 bits per heavy atom. The summed E-state index contributed by atoms with van der Waals surface area (Å²) in [4.78, 5) is 3.41. The van der Waals surface area contributed by atoms with Gasteiger partial charge in [0.05, 0.1) is 0 Å². The van der Waals surface area contributed by atoms with Gasteiger partial charge in [-0.15, -0.1) is 0 Å². The summed E-state index contributed by atoms with van der Waals surface area (Å²) in [5.74, 6) is 0. The summed E-state index contributed by atoms with van der Waals surface area (Å²) in [7, 11) is -1.33. The van der Waals surface area contributed by atoms with Crippen molar-refractivity contribution >= 4 is 34.2 Å². The van der Waals surface area contributed by atoms with Gasteiger partial charge in [0.15, 0.2) is 0 Å². The van der Waals surface area contributed by atoms with E-state index < -0.39 is 16.1 Å². The number of ether oxygens (including phenoxy) is 2. The van der Waals surface area contributed by atoms with E-state index in [0.29, 0.717) is 0 Å². The maximum atomic E-state index is 4.94. The zero-order valence-electron chi connectivity index (χ0n) is 23.7. The molecule has 2 aliphatic rings. The average molecular weight is 531 g/mol. The molecule has 5 rings (SSSR count). The summed E-state index contributed by atoms with van der Waals surface area (Å²) in [6, 6.07) is 22.1. The van der Waals surface area contributed by atoms with Crippen LogP contribution >= 0.6 is 8.19 Å². The van der Waals surface area contributed by atoms with Gasteiger partial charge in [0.2, 0.25) is 0 Å². The third kappa shape index (κ3) is 9.17. The van der Waals surface area contributed by atoms with E-state index in [0.717, 1.165) is 26.4 Å². The second-order valence-electron chi connectivity index (χ2n) is 11.4. The smallest absolute Gasteiger partial charge is 0.532 e. The molecule has 0 saturated carbocycles. The second-order valence-corrected chi connectivity index (χ2v) is 23.4. The van der Waals surface area contributed by atoms with Crippen LogP contribution in [0.2, 0.25) is 39.3 Å². The second kappa shape index (κ2) is 14.9. The Hall–Kier alpha value is -0.829. The summed E-state index contributed by atoms with van der Waals surface area (Å²) >= 11 is 0. The molecular formula is C30H44LiO2PSi2. The minimum Gasteiger partial charge on any atom is -0.532 e. The van der Waals surface area contributed by atoms with Crippen molar-refractivity contribution in [2.75, 3.05) is 26.4 Å². The largest absolute Gasteiger partial charge is 1.00 e. The van der Waals surface area contributed by atoms with Crippen LogP contribution in [0.5, 0.6) is 0 Å². The zero-order chi connectivity index (χ0) is 25.3. The van der Waals surface area contributed by atoms with Crippen LogP contribution in [0.4, 0.5) is 0 Å². The molecule has 2 saturated heterocycles. The molecule has 0 amide bonds. The van der Waals surface area contributed by atoms with Crippen LogP contribution in [-0.2, 0) is 9.47 Å². The molecule has 1 aromatic heterocycles. The normalized spacial score (nSPS) is 15.3. The van der Waals surface area contributed by atoms with E-state index in [1.165, 1.54) is 56.1 Å². The zero-order valence-corrected chi connectivity index (χ0v) is 26.6. The minimum absolute atomic E-state index is 0. The molecule has 2 fully saturated rings. The molecule has 0 bridgehead atoms. The molecule has 2 nitrogen and oxygen atoms in total. The SMILES string of the molecule is C1CCOC1.C1CCOC1.C[Si](C)(C)c1[p-]c([Si](C)(C)C)c(-c2ccccc2)c1-c1ccccc1.[Li+]. The van der Waals surface area contributed by atoms with Crippen molar-refractivity contribution in [2.24, 2.45) is 0 Å². The van der Waals surface area contributed by atoms with Crippen molar-refractivity contribution in [2.45, 2.75) is 65.0 Å². The first kappa shape index (κ1) is 31.4. The van der Waals surface area contributed by atoms with E-state index in [4.69, 9.17) is 9.47 Å². The van der Waals surface area contributed by atoms with E-state index in [1.54, 1.807) is 9.84 Å². The third-order valence-electron chi connectivity index (χ3n) is 6.15. The van der Waals surface area contributed by atoms with Crippen molar-refractivity contribution in [3.8, 4) is 22.3 Å². The Morgan fingerprint density at radius 2 is 0.833 bits per heavy atom. The van der Waals surface area contributed by atoms with Crippen LogP contribution in [0.25, 0.3) is 22.3 Å². The molecule has 0 radical (unpaired) electrons. The molecule has 6 heteroatoms. The van der Waals surface area contributed by atoms with E-state index in [2.05, 4.69) is 99.9 Å². The topological polar surface area (TPSA) is 18.5 Å². The van der Waals surface area contributed by atoms with Gasteiger partial charge in [-0.1, -0.05) is 99.9 Å². The van der Waals surface area contributed by atoms with Crippen molar-refractivity contribution < 1.29 is 28.3 Å². The monoisotopic (exact) mass is 530 g/mol. The predicted octanol–water partition coefficient (Wildman–Crippen LogP) is 5.01. The molecule has 2 aromatic carbocycles. The third-order valence-corrected chi connectivity index (χ3v) is 15.1. The minimum atomic E-state index is -1.42. The molecule has 0 aliphatic carbocycles. The van der Waals surface area contributed by atoms with Gasteiger partial charge in [-0.2, -0.15) is 0 Å². The van der Waals surface area contributed by atoms with Crippen molar-refractivity contribution in [3.63, 3.8) is 0 Å². The number of rotatable bonds is 4. The summed E-state index contributed by atoms with van der Waals surface area (Å²) in [6.07, 6.45) is 5.11. The Labute approximate surface area is 235 Å². The molecular weight excluding hydrogens is 486 g/mol. The fourth-order valence-electron chi connectivity index (χ4n) is 4.34. The summed E-state index contributed by atoms with van der Waals surface area (Å²) in [5, 5.41) is 0. The summed E-state index contributed by atoms with van der Waals surface area (Å²) in [5.41, 5.74) is 5.84. The number of hydrogen-bond donors (Lipinski definition) is 0. The first-order valence-electron chi connectivity index (χ1n) is 13.2. The van der Waals surface area contributed by atoms with Gasteiger partial charge >= 0.3 is 18.9 Å². The maximum Gasteiger partial charge on any atom is 1.00 e. The fraction of sp³-hybridized carbons (Fsp3) is 0.467. The van der Waals surface area contributed by atoms with Gasteiger partial charge in [0.1, 0.15) is 0 Å². The summed E-state index contributed by atoms with van der Waals surface area (Å²) in [6.45, 7) is 19.0. The van der Waals surface area contributed by atoms with Crippen molar-refractivity contribution in [1.82, 2.24) is 0 Å². The molecule has 0 N–H and O–H groups in total. The first-order valence-corrected chi connectivity index (χ1v) is 21.1. The van der Waals surface area contributed by atoms with Crippen molar-refractivity contribution in [1.29, 1.82) is 0 Å². The molecule has 0 atom stereocenters. The predicted molar refractivity (Wildman–Crippen MR) is 161 cm³/mol. The molecule has 3 aromatic rings. The number of hydrogen-bond acceptors (Lipinski definition) is 2. The number of benzene rings is 2.